The van der Waals surface area contributed by atoms with Gasteiger partial charge in [0.25, 0.3) is 7.82 Å². The number of rotatable bonds is 66. The molecular formula is C78H139N2O6P. The molecule has 3 atom stereocenters. The molecule has 0 aliphatic carbocycles. The van der Waals surface area contributed by atoms with Crippen molar-refractivity contribution in [3.8, 4) is 0 Å². The molecule has 0 aliphatic rings. The Balaban J connectivity index is 4.15. The van der Waals surface area contributed by atoms with Crippen LogP contribution in [0.2, 0.25) is 0 Å². The van der Waals surface area contributed by atoms with Crippen molar-refractivity contribution in [3.63, 3.8) is 0 Å². The molecule has 0 spiro atoms. The van der Waals surface area contributed by atoms with E-state index in [0.717, 1.165) is 96.3 Å². The van der Waals surface area contributed by atoms with E-state index in [1.807, 2.05) is 21.1 Å². The predicted octanol–water partition coefficient (Wildman–Crippen LogP) is 23.0. The number of carbonyl (C=O) groups is 1. The molecular weight excluding hydrogens is 1090 g/mol. The van der Waals surface area contributed by atoms with E-state index >= 15 is 0 Å². The first kappa shape index (κ1) is 83.9. The van der Waals surface area contributed by atoms with Gasteiger partial charge in [-0.1, -0.05) is 341 Å². The molecule has 0 saturated carbocycles. The van der Waals surface area contributed by atoms with E-state index in [-0.39, 0.29) is 19.1 Å². The molecule has 502 valence electrons. The van der Waals surface area contributed by atoms with E-state index in [2.05, 4.69) is 141 Å². The van der Waals surface area contributed by atoms with Crippen molar-refractivity contribution in [2.45, 2.75) is 328 Å². The molecule has 0 rings (SSSR count). The van der Waals surface area contributed by atoms with Gasteiger partial charge in [-0.3, -0.25) is 9.36 Å². The number of unbranched alkanes of at least 4 members (excludes halogenated alkanes) is 33. The van der Waals surface area contributed by atoms with Crippen LogP contribution in [0.1, 0.15) is 316 Å². The number of quaternary nitrogens is 1. The summed E-state index contributed by atoms with van der Waals surface area (Å²) in [6.07, 6.45) is 100. The molecule has 0 radical (unpaired) electrons. The molecule has 0 aromatic heterocycles. The van der Waals surface area contributed by atoms with E-state index in [0.29, 0.717) is 30.3 Å². The Morgan fingerprint density at radius 1 is 0.414 bits per heavy atom. The summed E-state index contributed by atoms with van der Waals surface area (Å²) in [5.41, 5.74) is 0. The average molecular weight is 1230 g/mol. The zero-order valence-corrected chi connectivity index (χ0v) is 58.3. The lowest BCUT2D eigenvalue weighted by Gasteiger charge is -2.30. The number of amides is 1. The first-order valence-electron chi connectivity index (χ1n) is 36.4. The molecule has 0 fully saturated rings. The van der Waals surface area contributed by atoms with Gasteiger partial charge in [-0.15, -0.1) is 0 Å². The van der Waals surface area contributed by atoms with Crippen molar-refractivity contribution in [1.29, 1.82) is 0 Å². The zero-order chi connectivity index (χ0) is 63.4. The van der Waals surface area contributed by atoms with E-state index in [4.69, 9.17) is 9.05 Å². The normalized spacial score (nSPS) is 14.3. The smallest absolute Gasteiger partial charge is 0.268 e. The zero-order valence-electron chi connectivity index (χ0n) is 57.4. The van der Waals surface area contributed by atoms with Crippen LogP contribution < -0.4 is 10.2 Å². The maximum atomic E-state index is 13.1. The third-order valence-electron chi connectivity index (χ3n) is 16.0. The Morgan fingerprint density at radius 2 is 0.701 bits per heavy atom. The molecule has 0 bridgehead atoms. The van der Waals surface area contributed by atoms with Gasteiger partial charge >= 0.3 is 0 Å². The standard InChI is InChI=1S/C78H139N2O6P/c1-6-8-10-12-14-16-18-20-22-24-26-28-30-32-34-36-38-40-42-44-46-48-50-52-54-56-58-60-62-64-66-68-70-72-78(82)79-76(75-86-87(83,84)85-74-73-80(3,4)5)77(81)71-69-67-65-63-61-59-57-55-53-51-49-47-45-43-41-39-37-35-33-31-29-27-25-23-21-19-17-15-13-11-9-7-2/h8,10,14,16,20,22,26,28,32,34,38,40,44,46,50,52,56,58,62,64,76-77,81H,6-7,9,11-13,15,17-19,21,23-25,27,29-31,33,35-37,39,41-43,45,47-49,51,53-55,57,59-61,63,65-75H2,1-5H3,(H-,79,82,83,84)/b10-8-,16-14-,22-20-,28-26-,34-32-,40-38-,46-44-,52-50-,58-56-,64-62-. The molecule has 0 heterocycles. The second kappa shape index (κ2) is 67.3. The Morgan fingerprint density at radius 3 is 1.00 bits per heavy atom. The summed E-state index contributed by atoms with van der Waals surface area (Å²) in [4.78, 5) is 25.7. The maximum absolute atomic E-state index is 13.1. The van der Waals surface area contributed by atoms with Gasteiger partial charge in [-0.05, 0) is 89.9 Å². The summed E-state index contributed by atoms with van der Waals surface area (Å²) < 4.78 is 23.5. The Hall–Kier alpha value is -3.10. The minimum Gasteiger partial charge on any atom is -0.756 e. The van der Waals surface area contributed by atoms with Crippen LogP contribution in [0.25, 0.3) is 0 Å². The Bertz CT molecular complexity index is 1840. The number of carbonyl (C=O) groups excluding carboxylic acids is 1. The highest BCUT2D eigenvalue weighted by Gasteiger charge is 2.24. The van der Waals surface area contributed by atoms with E-state index in [1.54, 1.807) is 0 Å². The first-order valence-corrected chi connectivity index (χ1v) is 37.8. The van der Waals surface area contributed by atoms with Crippen molar-refractivity contribution in [1.82, 2.24) is 5.32 Å². The van der Waals surface area contributed by atoms with Crippen LogP contribution in [-0.4, -0.2) is 68.5 Å². The third-order valence-corrected chi connectivity index (χ3v) is 16.9. The van der Waals surface area contributed by atoms with Crippen LogP contribution in [0.5, 0.6) is 0 Å². The number of aliphatic hydroxyl groups is 1. The molecule has 1 amide bonds. The molecule has 8 nitrogen and oxygen atoms in total. The van der Waals surface area contributed by atoms with Crippen LogP contribution in [0.4, 0.5) is 0 Å². The van der Waals surface area contributed by atoms with Gasteiger partial charge in [0.1, 0.15) is 13.2 Å². The lowest BCUT2D eigenvalue weighted by molar-refractivity contribution is -0.870. The Kier molecular flexibility index (Phi) is 64.9. The molecule has 0 aliphatic heterocycles. The number of phosphoric ester groups is 1. The van der Waals surface area contributed by atoms with Crippen molar-refractivity contribution >= 4 is 13.7 Å². The van der Waals surface area contributed by atoms with Gasteiger partial charge in [0.2, 0.25) is 5.91 Å². The minimum atomic E-state index is -4.60. The van der Waals surface area contributed by atoms with Crippen LogP contribution in [0.15, 0.2) is 122 Å². The summed E-state index contributed by atoms with van der Waals surface area (Å²) in [6.45, 7) is 4.60. The first-order chi connectivity index (χ1) is 42.5. The number of likely N-dealkylation sites (N-methyl/N-ethyl adjacent to an activating group) is 1. The SMILES string of the molecule is CC/C=C\C/C=C\C/C=C\C/C=C\C/C=C\C/C=C\C/C=C\C/C=C\C/C=C\C/C=C\CCCCC(=O)NC(COP(=O)([O-])OCC[N+](C)(C)C)C(O)CCCCCCCCCCCCCCCCCCCCCCCCCCCCCCCCCC. The van der Waals surface area contributed by atoms with Gasteiger partial charge in [0.05, 0.1) is 39.9 Å². The topological polar surface area (TPSA) is 108 Å². The van der Waals surface area contributed by atoms with Crippen molar-refractivity contribution in [3.05, 3.63) is 122 Å². The van der Waals surface area contributed by atoms with E-state index in [9.17, 15) is 19.4 Å². The maximum Gasteiger partial charge on any atom is 0.268 e. The number of allylic oxidation sites excluding steroid dienone is 20. The summed E-state index contributed by atoms with van der Waals surface area (Å²) >= 11 is 0. The summed E-state index contributed by atoms with van der Waals surface area (Å²) in [5, 5.41) is 14.1. The highest BCUT2D eigenvalue weighted by atomic mass is 31.2. The van der Waals surface area contributed by atoms with Gasteiger partial charge < -0.3 is 28.8 Å². The predicted molar refractivity (Wildman–Crippen MR) is 380 cm³/mol. The van der Waals surface area contributed by atoms with Gasteiger partial charge in [0, 0.05) is 6.42 Å². The summed E-state index contributed by atoms with van der Waals surface area (Å²) in [7, 11) is 1.27. The lowest BCUT2D eigenvalue weighted by Crippen LogP contribution is -2.46. The molecule has 0 aromatic carbocycles. The third kappa shape index (κ3) is 70.2. The largest absolute Gasteiger partial charge is 0.756 e. The molecule has 9 heteroatoms. The Labute approximate surface area is 539 Å². The molecule has 0 aromatic rings. The minimum absolute atomic E-state index is 0.00260. The van der Waals surface area contributed by atoms with Crippen LogP contribution >= 0.6 is 7.82 Å². The van der Waals surface area contributed by atoms with Crippen molar-refractivity contribution < 1.29 is 32.9 Å². The van der Waals surface area contributed by atoms with Gasteiger partial charge in [-0.2, -0.15) is 0 Å². The van der Waals surface area contributed by atoms with Crippen molar-refractivity contribution in [2.24, 2.45) is 0 Å². The monoisotopic (exact) mass is 1230 g/mol. The van der Waals surface area contributed by atoms with Gasteiger partial charge in [-0.25, -0.2) is 0 Å². The number of hydrogen-bond donors (Lipinski definition) is 2. The highest BCUT2D eigenvalue weighted by Crippen LogP contribution is 2.38. The van der Waals surface area contributed by atoms with E-state index < -0.39 is 20.0 Å². The second-order valence-electron chi connectivity index (χ2n) is 25.6. The second-order valence-corrected chi connectivity index (χ2v) is 27.0. The lowest BCUT2D eigenvalue weighted by atomic mass is 10.0. The van der Waals surface area contributed by atoms with Crippen LogP contribution in [0.3, 0.4) is 0 Å². The fraction of sp³-hybridized carbons (Fsp3) is 0.731. The number of hydrogen-bond acceptors (Lipinski definition) is 6. The number of nitrogens with one attached hydrogen (secondary N) is 1. The van der Waals surface area contributed by atoms with Gasteiger partial charge in [0.15, 0.2) is 0 Å². The summed E-state index contributed by atoms with van der Waals surface area (Å²) in [6, 6.07) is -0.836. The van der Waals surface area contributed by atoms with Crippen molar-refractivity contribution in [2.75, 3.05) is 40.9 Å². The number of aliphatic hydroxyl groups excluding tert-OH is 1. The molecule has 87 heavy (non-hydrogen) atoms. The molecule has 3 unspecified atom stereocenters. The molecule has 2 N–H and O–H groups in total. The summed E-state index contributed by atoms with van der Waals surface area (Å²) in [5.74, 6) is -0.208. The molecule has 0 saturated heterocycles. The van der Waals surface area contributed by atoms with Crippen LogP contribution in [-0.2, 0) is 18.4 Å². The fourth-order valence-corrected chi connectivity index (χ4v) is 11.1. The number of nitrogens with zero attached hydrogens (tertiary/aromatic N) is 1. The fourth-order valence-electron chi connectivity index (χ4n) is 10.4. The highest BCUT2D eigenvalue weighted by molar-refractivity contribution is 7.45. The van der Waals surface area contributed by atoms with E-state index in [1.165, 1.54) is 186 Å². The quantitative estimate of drug-likeness (QED) is 0.0272. The van der Waals surface area contributed by atoms with Crippen LogP contribution in [0, 0.1) is 0 Å². The average Bonchev–Trinajstić information content (AvgIpc) is 3.71. The number of phosphoric acid groups is 1.